The summed E-state index contributed by atoms with van der Waals surface area (Å²) in [5.74, 6) is -2.62. The first-order valence-corrected chi connectivity index (χ1v) is 23.6. The van der Waals surface area contributed by atoms with Crippen LogP contribution in [0.15, 0.2) is 72.9 Å². The molecule has 1 unspecified atom stereocenters. The lowest BCUT2D eigenvalue weighted by atomic mass is 10.0. The topological polar surface area (TPSA) is 212 Å². The van der Waals surface area contributed by atoms with E-state index in [-0.39, 0.29) is 12.8 Å². The fourth-order valence-corrected chi connectivity index (χ4v) is 6.26. The van der Waals surface area contributed by atoms with Gasteiger partial charge in [0.05, 0.1) is 25.4 Å². The molecule has 0 spiro atoms. The van der Waals surface area contributed by atoms with Crippen molar-refractivity contribution in [1.82, 2.24) is 0 Å². The van der Waals surface area contributed by atoms with E-state index in [1.54, 1.807) is 0 Å². The lowest BCUT2D eigenvalue weighted by molar-refractivity contribution is -0.161. The standard InChI is InChI=1S/C46H78NO12P/c1-3-5-7-9-11-12-13-14-15-16-17-18-19-20-21-22-23-27-32-36-45(51)59-40(38-57-60(54,55)58-39-41(47)46(52)53)37-56-44(50)35-31-28-24-26-30-34-43(49)42(48)33-29-25-10-8-6-4-2/h11-12,14-15,17-18,20-21,23,25,27,29,40-43,48-49H,3-10,13,16,19,22,24,26,28,30-39,47H2,1-2H3,(H,52,53)(H,54,55)/b12-11-,15-14-,18-17-,21-20-,27-23-,29-25-/t40-,41+,42-,43-/m1/s1. The number of carbonyl (C=O) groups is 3. The van der Waals surface area contributed by atoms with Gasteiger partial charge in [0, 0.05) is 12.8 Å². The number of ether oxygens (including phenoxy) is 2. The Morgan fingerprint density at radius 1 is 0.583 bits per heavy atom. The van der Waals surface area contributed by atoms with Crippen LogP contribution in [-0.4, -0.2) is 82.3 Å². The zero-order valence-corrected chi connectivity index (χ0v) is 37.4. The molecule has 0 aliphatic carbocycles. The summed E-state index contributed by atoms with van der Waals surface area (Å²) in [4.78, 5) is 46.0. The first-order valence-electron chi connectivity index (χ1n) is 22.1. The normalized spacial score (nSPS) is 15.4. The van der Waals surface area contributed by atoms with Gasteiger partial charge in [0.2, 0.25) is 0 Å². The molecule has 6 N–H and O–H groups in total. The van der Waals surface area contributed by atoms with Crippen molar-refractivity contribution in [3.05, 3.63) is 72.9 Å². The zero-order valence-electron chi connectivity index (χ0n) is 36.5. The van der Waals surface area contributed by atoms with Gasteiger partial charge in [-0.2, -0.15) is 0 Å². The number of nitrogens with two attached hydrogens (primary N) is 1. The number of aliphatic hydroxyl groups excluding tert-OH is 2. The van der Waals surface area contributed by atoms with Gasteiger partial charge in [-0.15, -0.1) is 0 Å². The number of allylic oxidation sites excluding steroid dienone is 11. The number of aliphatic hydroxyl groups is 2. The number of hydrogen-bond acceptors (Lipinski definition) is 11. The Bertz CT molecular complexity index is 1330. The molecule has 0 aliphatic heterocycles. The predicted molar refractivity (Wildman–Crippen MR) is 238 cm³/mol. The molecule has 0 fully saturated rings. The van der Waals surface area contributed by atoms with Crippen molar-refractivity contribution in [3.8, 4) is 0 Å². The number of aliphatic carboxylic acids is 1. The number of unbranched alkanes of at least 4 members (excludes halogenated alkanes) is 10. The molecule has 5 atom stereocenters. The summed E-state index contributed by atoms with van der Waals surface area (Å²) in [5, 5.41) is 29.3. The van der Waals surface area contributed by atoms with Gasteiger partial charge in [0.25, 0.3) is 0 Å². The lowest BCUT2D eigenvalue weighted by Crippen LogP contribution is -2.34. The maximum Gasteiger partial charge on any atom is 0.472 e. The van der Waals surface area contributed by atoms with Crippen LogP contribution >= 0.6 is 7.82 Å². The quantitative estimate of drug-likeness (QED) is 0.0168. The van der Waals surface area contributed by atoms with Gasteiger partial charge < -0.3 is 35.4 Å². The Kier molecular flexibility index (Phi) is 37.8. The van der Waals surface area contributed by atoms with Gasteiger partial charge in [-0.05, 0) is 77.0 Å². The first kappa shape index (κ1) is 56.8. The van der Waals surface area contributed by atoms with Crippen molar-refractivity contribution in [2.45, 2.75) is 179 Å². The van der Waals surface area contributed by atoms with Crippen LogP contribution in [0, 0.1) is 0 Å². The molecular formula is C46H78NO12P. The molecule has 0 aromatic carbocycles. The number of rotatable bonds is 40. The summed E-state index contributed by atoms with van der Waals surface area (Å²) >= 11 is 0. The van der Waals surface area contributed by atoms with Crippen molar-refractivity contribution >= 4 is 25.7 Å². The molecule has 344 valence electrons. The summed E-state index contributed by atoms with van der Waals surface area (Å²) in [6, 6.07) is -1.56. The summed E-state index contributed by atoms with van der Waals surface area (Å²) in [5.41, 5.74) is 5.32. The largest absolute Gasteiger partial charge is 0.480 e. The number of phosphoric acid groups is 1. The van der Waals surface area contributed by atoms with Gasteiger partial charge in [-0.3, -0.25) is 23.4 Å². The third-order valence-corrected chi connectivity index (χ3v) is 10.1. The van der Waals surface area contributed by atoms with Crippen LogP contribution in [0.3, 0.4) is 0 Å². The van der Waals surface area contributed by atoms with E-state index in [1.165, 1.54) is 25.7 Å². The van der Waals surface area contributed by atoms with E-state index in [2.05, 4.69) is 67.0 Å². The highest BCUT2D eigenvalue weighted by atomic mass is 31.2. The van der Waals surface area contributed by atoms with Crippen molar-refractivity contribution in [2.24, 2.45) is 5.73 Å². The van der Waals surface area contributed by atoms with Crippen LogP contribution in [-0.2, 0) is 37.5 Å². The number of carboxylic acid groups (broad SMARTS) is 1. The number of phosphoric ester groups is 1. The lowest BCUT2D eigenvalue weighted by Gasteiger charge is -2.20. The Hall–Kier alpha value is -3.16. The summed E-state index contributed by atoms with van der Waals surface area (Å²) < 4.78 is 32.5. The molecule has 0 aromatic heterocycles. The van der Waals surface area contributed by atoms with E-state index in [4.69, 9.17) is 24.8 Å². The second-order valence-corrected chi connectivity index (χ2v) is 16.2. The van der Waals surface area contributed by atoms with E-state index in [0.717, 1.165) is 70.6 Å². The van der Waals surface area contributed by atoms with E-state index < -0.39 is 69.9 Å². The van der Waals surface area contributed by atoms with Crippen molar-refractivity contribution in [1.29, 1.82) is 0 Å². The van der Waals surface area contributed by atoms with Gasteiger partial charge in [-0.25, -0.2) is 4.57 Å². The minimum absolute atomic E-state index is 0.00246. The average molecular weight is 868 g/mol. The van der Waals surface area contributed by atoms with Crippen molar-refractivity contribution < 1.29 is 57.7 Å². The monoisotopic (exact) mass is 868 g/mol. The number of esters is 2. The Morgan fingerprint density at radius 2 is 1.08 bits per heavy atom. The molecular weight excluding hydrogens is 789 g/mol. The number of hydrogen-bond donors (Lipinski definition) is 5. The second-order valence-electron chi connectivity index (χ2n) is 14.8. The summed E-state index contributed by atoms with van der Waals surface area (Å²) in [7, 11) is -4.78. The molecule has 0 bridgehead atoms. The minimum Gasteiger partial charge on any atom is -0.480 e. The van der Waals surface area contributed by atoms with Crippen LogP contribution in [0.4, 0.5) is 0 Å². The van der Waals surface area contributed by atoms with E-state index in [0.29, 0.717) is 32.1 Å². The summed E-state index contributed by atoms with van der Waals surface area (Å²) in [6.07, 6.45) is 40.0. The van der Waals surface area contributed by atoms with E-state index in [1.807, 2.05) is 24.3 Å². The third kappa shape index (κ3) is 37.8. The van der Waals surface area contributed by atoms with Crippen molar-refractivity contribution in [3.63, 3.8) is 0 Å². The first-order chi connectivity index (χ1) is 28.9. The second kappa shape index (κ2) is 39.9. The van der Waals surface area contributed by atoms with Gasteiger partial charge in [0.1, 0.15) is 12.6 Å². The highest BCUT2D eigenvalue weighted by Crippen LogP contribution is 2.43. The highest BCUT2D eigenvalue weighted by molar-refractivity contribution is 7.47. The SMILES string of the molecule is CCCCC/C=C\C/C=C\C/C=C\C/C=C\C/C=C\CCC(=O)O[C@H](COC(=O)CCCCCCC[C@@H](O)[C@H](O)C/C=C\CCCCC)COP(=O)(O)OC[C@H](N)C(=O)O. The molecule has 0 radical (unpaired) electrons. The van der Waals surface area contributed by atoms with Crippen LogP contribution in [0.1, 0.15) is 155 Å². The number of carbonyl (C=O) groups excluding carboxylic acids is 2. The zero-order chi connectivity index (χ0) is 44.5. The Morgan fingerprint density at radius 3 is 1.65 bits per heavy atom. The maximum atomic E-state index is 12.6. The average Bonchev–Trinajstić information content (AvgIpc) is 3.22. The minimum atomic E-state index is -4.78. The molecule has 0 aromatic rings. The van der Waals surface area contributed by atoms with Gasteiger partial charge in [0.15, 0.2) is 6.10 Å². The fraction of sp³-hybridized carbons (Fsp3) is 0.674. The fourth-order valence-electron chi connectivity index (χ4n) is 5.48. The third-order valence-electron chi connectivity index (χ3n) is 9.14. The highest BCUT2D eigenvalue weighted by Gasteiger charge is 2.28. The van der Waals surface area contributed by atoms with Crippen molar-refractivity contribution in [2.75, 3.05) is 19.8 Å². The molecule has 0 saturated heterocycles. The smallest absolute Gasteiger partial charge is 0.472 e. The predicted octanol–water partition coefficient (Wildman–Crippen LogP) is 9.67. The molecule has 0 saturated carbocycles. The molecule has 0 heterocycles. The maximum absolute atomic E-state index is 12.6. The van der Waals surface area contributed by atoms with Crippen LogP contribution < -0.4 is 5.73 Å². The van der Waals surface area contributed by atoms with Gasteiger partial charge >= 0.3 is 25.7 Å². The van der Waals surface area contributed by atoms with E-state index in [9.17, 15) is 34.1 Å². The molecule has 13 nitrogen and oxygen atoms in total. The molecule has 0 aliphatic rings. The number of carboxylic acids is 1. The van der Waals surface area contributed by atoms with Crippen LogP contribution in [0.5, 0.6) is 0 Å². The molecule has 0 amide bonds. The molecule has 14 heteroatoms. The van der Waals surface area contributed by atoms with E-state index >= 15 is 0 Å². The Labute approximate surface area is 360 Å². The molecule has 0 rings (SSSR count). The van der Waals surface area contributed by atoms with Crippen LogP contribution in [0.2, 0.25) is 0 Å². The molecule has 60 heavy (non-hydrogen) atoms. The van der Waals surface area contributed by atoms with Crippen LogP contribution in [0.25, 0.3) is 0 Å². The Balaban J connectivity index is 4.61. The van der Waals surface area contributed by atoms with Gasteiger partial charge in [-0.1, -0.05) is 138 Å². The summed E-state index contributed by atoms with van der Waals surface area (Å²) in [6.45, 7) is 2.47.